The van der Waals surface area contributed by atoms with E-state index in [1.54, 1.807) is 12.1 Å². The van der Waals surface area contributed by atoms with Gasteiger partial charge in [0, 0.05) is 28.4 Å². The van der Waals surface area contributed by atoms with Crippen LogP contribution in [-0.2, 0) is 0 Å². The van der Waals surface area contributed by atoms with Crippen molar-refractivity contribution in [2.24, 2.45) is 0 Å². The third kappa shape index (κ3) is 7.26. The Morgan fingerprint density at radius 1 is 1.14 bits per heavy atom. The number of anilines is 1. The lowest BCUT2D eigenvalue weighted by Crippen LogP contribution is -2.23. The molecule has 0 saturated heterocycles. The molecule has 0 spiro atoms. The first-order chi connectivity index (χ1) is 17.0. The molecule has 0 aliphatic rings. The zero-order valence-electron chi connectivity index (χ0n) is 20.7. The summed E-state index contributed by atoms with van der Waals surface area (Å²) in [6, 6.07) is 15.4. The van der Waals surface area contributed by atoms with Crippen molar-refractivity contribution in [3.8, 4) is 22.6 Å². The second-order valence-corrected chi connectivity index (χ2v) is 9.53. The molecule has 0 unspecified atom stereocenters. The van der Waals surface area contributed by atoms with Crippen molar-refractivity contribution in [1.82, 2.24) is 15.3 Å². The van der Waals surface area contributed by atoms with Crippen LogP contribution in [0.25, 0.3) is 22.6 Å². The SMILES string of the molecule is C/C=C\S/C(NC(=O)c1[nH]c(-c2cccc(NCCCC)c2)nc1-c1ccc(Cl)cc1)=C(\C)CC. The normalized spacial score (nSPS) is 12.0. The number of aromatic amines is 1. The number of benzene rings is 2. The summed E-state index contributed by atoms with van der Waals surface area (Å²) in [6.45, 7) is 9.15. The topological polar surface area (TPSA) is 69.8 Å². The van der Waals surface area contributed by atoms with Gasteiger partial charge < -0.3 is 15.6 Å². The molecule has 35 heavy (non-hydrogen) atoms. The van der Waals surface area contributed by atoms with E-state index in [-0.39, 0.29) is 5.91 Å². The van der Waals surface area contributed by atoms with Crippen LogP contribution in [0.2, 0.25) is 5.02 Å². The van der Waals surface area contributed by atoms with Crippen LogP contribution in [0.5, 0.6) is 0 Å². The molecule has 1 heterocycles. The van der Waals surface area contributed by atoms with E-state index in [2.05, 4.69) is 35.5 Å². The summed E-state index contributed by atoms with van der Waals surface area (Å²) in [7, 11) is 0. The van der Waals surface area contributed by atoms with Crippen molar-refractivity contribution in [3.05, 3.63) is 81.3 Å². The lowest BCUT2D eigenvalue weighted by Gasteiger charge is -2.11. The third-order valence-corrected chi connectivity index (χ3v) is 6.86. The molecule has 184 valence electrons. The maximum Gasteiger partial charge on any atom is 0.274 e. The van der Waals surface area contributed by atoms with Crippen LogP contribution in [-0.4, -0.2) is 22.4 Å². The smallest absolute Gasteiger partial charge is 0.274 e. The van der Waals surface area contributed by atoms with Crippen LogP contribution in [0.3, 0.4) is 0 Å². The summed E-state index contributed by atoms with van der Waals surface area (Å²) in [6.07, 6.45) is 5.04. The molecule has 3 rings (SSSR count). The largest absolute Gasteiger partial charge is 0.385 e. The zero-order valence-corrected chi connectivity index (χ0v) is 22.3. The number of rotatable bonds is 11. The number of hydrogen-bond acceptors (Lipinski definition) is 4. The van der Waals surface area contributed by atoms with Crippen LogP contribution < -0.4 is 10.6 Å². The monoisotopic (exact) mass is 508 g/mol. The average Bonchev–Trinajstić information content (AvgIpc) is 3.32. The Bertz CT molecular complexity index is 1200. The molecule has 7 heteroatoms. The summed E-state index contributed by atoms with van der Waals surface area (Å²) >= 11 is 7.61. The number of aromatic nitrogens is 2. The molecule has 3 aromatic rings. The van der Waals surface area contributed by atoms with Gasteiger partial charge in [0.15, 0.2) is 0 Å². The molecule has 1 amide bonds. The summed E-state index contributed by atoms with van der Waals surface area (Å²) < 4.78 is 0. The fourth-order valence-electron chi connectivity index (χ4n) is 3.38. The Labute approximate surface area is 217 Å². The highest BCUT2D eigenvalue weighted by atomic mass is 35.5. The number of hydrogen-bond donors (Lipinski definition) is 3. The second-order valence-electron chi connectivity index (χ2n) is 8.18. The molecule has 0 radical (unpaired) electrons. The molecular formula is C28H33ClN4OS. The minimum Gasteiger partial charge on any atom is -0.385 e. The minimum absolute atomic E-state index is 0.231. The number of imidazole rings is 1. The highest BCUT2D eigenvalue weighted by Crippen LogP contribution is 2.29. The molecule has 2 aromatic carbocycles. The molecule has 3 N–H and O–H groups in total. The molecule has 0 saturated carbocycles. The van der Waals surface area contributed by atoms with Gasteiger partial charge >= 0.3 is 0 Å². The molecule has 0 atom stereocenters. The summed E-state index contributed by atoms with van der Waals surface area (Å²) in [5.74, 6) is 0.406. The molecule has 1 aromatic heterocycles. The van der Waals surface area contributed by atoms with Crippen molar-refractivity contribution < 1.29 is 4.79 Å². The first-order valence-electron chi connectivity index (χ1n) is 12.0. The lowest BCUT2D eigenvalue weighted by molar-refractivity contribution is 0.0964. The van der Waals surface area contributed by atoms with Gasteiger partial charge in [0.05, 0.1) is 5.03 Å². The quantitative estimate of drug-likeness (QED) is 0.228. The van der Waals surface area contributed by atoms with E-state index in [0.717, 1.165) is 53.2 Å². The Morgan fingerprint density at radius 3 is 2.60 bits per heavy atom. The highest BCUT2D eigenvalue weighted by Gasteiger charge is 2.21. The van der Waals surface area contributed by atoms with Crippen LogP contribution >= 0.6 is 23.4 Å². The summed E-state index contributed by atoms with van der Waals surface area (Å²) in [5, 5.41) is 9.97. The van der Waals surface area contributed by atoms with Crippen molar-refractivity contribution in [1.29, 1.82) is 0 Å². The van der Waals surface area contributed by atoms with E-state index in [0.29, 0.717) is 22.2 Å². The Morgan fingerprint density at radius 2 is 1.91 bits per heavy atom. The van der Waals surface area contributed by atoms with E-state index < -0.39 is 0 Å². The van der Waals surface area contributed by atoms with Gasteiger partial charge in [-0.05, 0) is 61.9 Å². The van der Waals surface area contributed by atoms with E-state index in [1.807, 2.05) is 55.7 Å². The van der Waals surface area contributed by atoms with Gasteiger partial charge in [-0.1, -0.05) is 74.0 Å². The molecule has 5 nitrogen and oxygen atoms in total. The number of nitrogens with one attached hydrogen (secondary N) is 3. The van der Waals surface area contributed by atoms with Crippen LogP contribution in [0.4, 0.5) is 5.69 Å². The number of thioether (sulfide) groups is 1. The van der Waals surface area contributed by atoms with E-state index in [1.165, 1.54) is 11.8 Å². The van der Waals surface area contributed by atoms with Crippen molar-refractivity contribution in [3.63, 3.8) is 0 Å². The number of carbonyl (C=O) groups excluding carboxylic acids is 1. The Kier molecular flexibility index (Phi) is 10.1. The number of allylic oxidation sites excluding steroid dienone is 2. The summed E-state index contributed by atoms with van der Waals surface area (Å²) in [5.41, 5.74) is 4.86. The Balaban J connectivity index is 2.01. The Hall–Kier alpha value is -2.96. The van der Waals surface area contributed by atoms with Gasteiger partial charge in [0.2, 0.25) is 0 Å². The maximum absolute atomic E-state index is 13.5. The standard InChI is InChI=1S/C28H33ClN4OS/c1-5-8-16-30-23-11-9-10-21(18-23)26-31-24(20-12-14-22(29)15-13-20)25(32-26)27(34)33-28(19(4)7-3)35-17-6-2/h6,9-15,17-18,30H,5,7-8,16H2,1-4H3,(H,31,32)(H,33,34)/b17-6-,28-19+. The van der Waals surface area contributed by atoms with Crippen LogP contribution in [0.15, 0.2) is 70.6 Å². The van der Waals surface area contributed by atoms with E-state index in [4.69, 9.17) is 16.6 Å². The van der Waals surface area contributed by atoms with Crippen molar-refractivity contribution >= 4 is 35.0 Å². The second kappa shape index (κ2) is 13.2. The van der Waals surface area contributed by atoms with Gasteiger partial charge in [-0.2, -0.15) is 0 Å². The number of carbonyl (C=O) groups is 1. The van der Waals surface area contributed by atoms with Crippen LogP contribution in [0, 0.1) is 0 Å². The van der Waals surface area contributed by atoms with Gasteiger partial charge in [0.1, 0.15) is 17.2 Å². The van der Waals surface area contributed by atoms with E-state index in [9.17, 15) is 4.79 Å². The van der Waals surface area contributed by atoms with E-state index >= 15 is 0 Å². The van der Waals surface area contributed by atoms with Gasteiger partial charge in [-0.3, -0.25) is 4.79 Å². The lowest BCUT2D eigenvalue weighted by atomic mass is 10.1. The molecule has 0 bridgehead atoms. The van der Waals surface area contributed by atoms with Gasteiger partial charge in [-0.15, -0.1) is 0 Å². The number of nitrogens with zero attached hydrogens (tertiary/aromatic N) is 1. The maximum atomic E-state index is 13.5. The predicted octanol–water partition coefficient (Wildman–Crippen LogP) is 8.25. The minimum atomic E-state index is -0.231. The molecule has 0 aliphatic carbocycles. The van der Waals surface area contributed by atoms with Gasteiger partial charge in [-0.25, -0.2) is 4.98 Å². The number of halogens is 1. The number of unbranched alkanes of at least 4 members (excludes halogenated alkanes) is 1. The number of amides is 1. The zero-order chi connectivity index (χ0) is 25.2. The molecule has 0 fully saturated rings. The van der Waals surface area contributed by atoms with Crippen molar-refractivity contribution in [2.75, 3.05) is 11.9 Å². The predicted molar refractivity (Wildman–Crippen MR) is 151 cm³/mol. The first-order valence-corrected chi connectivity index (χ1v) is 13.2. The highest BCUT2D eigenvalue weighted by molar-refractivity contribution is 8.05. The third-order valence-electron chi connectivity index (χ3n) is 5.51. The number of H-pyrrole nitrogens is 1. The van der Waals surface area contributed by atoms with Gasteiger partial charge in [0.25, 0.3) is 5.91 Å². The fraction of sp³-hybridized carbons (Fsp3) is 0.286. The van der Waals surface area contributed by atoms with Crippen LogP contribution in [0.1, 0.15) is 57.4 Å². The average molecular weight is 509 g/mol. The molecule has 0 aliphatic heterocycles. The first kappa shape index (κ1) is 26.6. The molecular weight excluding hydrogens is 476 g/mol. The van der Waals surface area contributed by atoms with Crippen molar-refractivity contribution in [2.45, 2.75) is 47.0 Å². The summed E-state index contributed by atoms with van der Waals surface area (Å²) in [4.78, 5) is 21.6. The fourth-order valence-corrected chi connectivity index (χ4v) is 4.27.